The van der Waals surface area contributed by atoms with Crippen LogP contribution < -0.4 is 0 Å². The van der Waals surface area contributed by atoms with Crippen LogP contribution in [0, 0.1) is 0 Å². The summed E-state index contributed by atoms with van der Waals surface area (Å²) in [6, 6.07) is 0. The smallest absolute Gasteiger partial charge is 0.0774 e. The number of rotatable bonds is 5. The summed E-state index contributed by atoms with van der Waals surface area (Å²) in [5, 5.41) is -0.0695. The summed E-state index contributed by atoms with van der Waals surface area (Å²) in [7, 11) is 0. The predicted molar refractivity (Wildman–Crippen MR) is 45.5 cm³/mol. The summed E-state index contributed by atoms with van der Waals surface area (Å²) in [5.74, 6) is 0. The van der Waals surface area contributed by atoms with E-state index in [1.54, 1.807) is 6.08 Å². The van der Waals surface area contributed by atoms with Crippen LogP contribution in [-0.4, -0.2) is 18.6 Å². The molecule has 0 saturated heterocycles. The van der Waals surface area contributed by atoms with E-state index in [9.17, 15) is 0 Å². The first kappa shape index (κ1) is 9.73. The molecule has 0 heterocycles. The van der Waals surface area contributed by atoms with Gasteiger partial charge in [0.25, 0.3) is 0 Å². The summed E-state index contributed by atoms with van der Waals surface area (Å²) in [6.45, 7) is 10.2. The lowest BCUT2D eigenvalue weighted by atomic mass is 10.2. The van der Waals surface area contributed by atoms with Gasteiger partial charge in [-0.05, 0) is 6.92 Å². The molecule has 0 aliphatic carbocycles. The second-order valence-electron chi connectivity index (χ2n) is 2.14. The maximum absolute atomic E-state index is 5.79. The minimum absolute atomic E-state index is 0.0695. The third-order valence-corrected chi connectivity index (χ3v) is 1.53. The number of alkyl halides is 1. The first-order valence-corrected chi connectivity index (χ1v) is 3.60. The minimum atomic E-state index is -0.0695. The summed E-state index contributed by atoms with van der Waals surface area (Å²) in [4.78, 5) is 0. The molecular weight excluding hydrogens is 148 g/mol. The normalized spacial score (nSPS) is 12.6. The van der Waals surface area contributed by atoms with Crippen molar-refractivity contribution in [3.8, 4) is 0 Å². The standard InChI is InChI=1S/C8H13ClO/c1-4-5-10-6-8(9)7(2)3/h4,8H,1-2,5-6H2,3H3. The average molecular weight is 161 g/mol. The molecule has 10 heavy (non-hydrogen) atoms. The average Bonchev–Trinajstić information content (AvgIpc) is 1.88. The van der Waals surface area contributed by atoms with E-state index < -0.39 is 0 Å². The molecule has 0 N–H and O–H groups in total. The van der Waals surface area contributed by atoms with E-state index in [1.807, 2.05) is 6.92 Å². The molecule has 58 valence electrons. The highest BCUT2D eigenvalue weighted by molar-refractivity contribution is 6.22. The molecule has 0 fully saturated rings. The van der Waals surface area contributed by atoms with Crippen LogP contribution in [0.4, 0.5) is 0 Å². The molecule has 1 atom stereocenters. The Morgan fingerprint density at radius 3 is 2.80 bits per heavy atom. The van der Waals surface area contributed by atoms with Gasteiger partial charge in [0.15, 0.2) is 0 Å². The van der Waals surface area contributed by atoms with Crippen LogP contribution in [0.5, 0.6) is 0 Å². The van der Waals surface area contributed by atoms with Gasteiger partial charge in [-0.25, -0.2) is 0 Å². The third-order valence-electron chi connectivity index (χ3n) is 1.03. The summed E-state index contributed by atoms with van der Waals surface area (Å²) < 4.78 is 5.10. The molecule has 1 unspecified atom stereocenters. The van der Waals surface area contributed by atoms with Crippen molar-refractivity contribution in [2.75, 3.05) is 13.2 Å². The first-order chi connectivity index (χ1) is 4.68. The minimum Gasteiger partial charge on any atom is -0.376 e. The van der Waals surface area contributed by atoms with Crippen molar-refractivity contribution in [2.24, 2.45) is 0 Å². The van der Waals surface area contributed by atoms with Gasteiger partial charge in [-0.1, -0.05) is 18.2 Å². The van der Waals surface area contributed by atoms with Crippen LogP contribution in [0.2, 0.25) is 0 Å². The van der Waals surface area contributed by atoms with Gasteiger partial charge < -0.3 is 4.74 Å². The van der Waals surface area contributed by atoms with E-state index in [0.717, 1.165) is 5.57 Å². The van der Waals surface area contributed by atoms with Crippen molar-refractivity contribution in [2.45, 2.75) is 12.3 Å². The molecule has 0 amide bonds. The van der Waals surface area contributed by atoms with E-state index in [0.29, 0.717) is 13.2 Å². The maximum Gasteiger partial charge on any atom is 0.0774 e. The van der Waals surface area contributed by atoms with E-state index in [1.165, 1.54) is 0 Å². The van der Waals surface area contributed by atoms with Crippen molar-refractivity contribution < 1.29 is 4.74 Å². The number of halogens is 1. The van der Waals surface area contributed by atoms with Crippen LogP contribution >= 0.6 is 11.6 Å². The van der Waals surface area contributed by atoms with Gasteiger partial charge in [0, 0.05) is 0 Å². The van der Waals surface area contributed by atoms with E-state index in [2.05, 4.69) is 13.2 Å². The molecule has 0 aromatic rings. The lowest BCUT2D eigenvalue weighted by molar-refractivity contribution is 0.168. The van der Waals surface area contributed by atoms with Crippen molar-refractivity contribution in [3.05, 3.63) is 24.8 Å². The zero-order valence-corrected chi connectivity index (χ0v) is 7.03. The molecule has 0 spiro atoms. The maximum atomic E-state index is 5.79. The van der Waals surface area contributed by atoms with E-state index in [4.69, 9.17) is 16.3 Å². The molecule has 0 aromatic heterocycles. The lowest BCUT2D eigenvalue weighted by Crippen LogP contribution is -2.09. The predicted octanol–water partition coefficient (Wildman–Crippen LogP) is 2.37. The SMILES string of the molecule is C=CCOCC(Cl)C(=C)C. The van der Waals surface area contributed by atoms with Crippen LogP contribution in [-0.2, 0) is 4.74 Å². The zero-order valence-electron chi connectivity index (χ0n) is 6.27. The van der Waals surface area contributed by atoms with Gasteiger partial charge in [0.05, 0.1) is 18.6 Å². The highest BCUT2D eigenvalue weighted by Gasteiger charge is 2.02. The summed E-state index contributed by atoms with van der Waals surface area (Å²) >= 11 is 5.79. The van der Waals surface area contributed by atoms with Crippen molar-refractivity contribution >= 4 is 11.6 Å². The van der Waals surface area contributed by atoms with Gasteiger partial charge in [-0.2, -0.15) is 0 Å². The van der Waals surface area contributed by atoms with Crippen LogP contribution in [0.1, 0.15) is 6.92 Å². The molecule has 0 aliphatic heterocycles. The Morgan fingerprint density at radius 2 is 2.40 bits per heavy atom. The van der Waals surface area contributed by atoms with Crippen LogP contribution in [0.3, 0.4) is 0 Å². The van der Waals surface area contributed by atoms with Gasteiger partial charge in [-0.15, -0.1) is 18.2 Å². The topological polar surface area (TPSA) is 9.23 Å². The van der Waals surface area contributed by atoms with Gasteiger partial charge in [0.2, 0.25) is 0 Å². The fourth-order valence-electron chi connectivity index (χ4n) is 0.397. The van der Waals surface area contributed by atoms with Gasteiger partial charge >= 0.3 is 0 Å². The second kappa shape index (κ2) is 5.51. The molecule has 0 saturated carbocycles. The Kier molecular flexibility index (Phi) is 5.36. The molecule has 0 bridgehead atoms. The summed E-state index contributed by atoms with van der Waals surface area (Å²) in [6.07, 6.45) is 1.70. The summed E-state index contributed by atoms with van der Waals surface area (Å²) in [5.41, 5.74) is 0.936. The largest absolute Gasteiger partial charge is 0.376 e. The Hall–Kier alpha value is -0.270. The Morgan fingerprint density at radius 1 is 1.80 bits per heavy atom. The molecule has 0 aromatic carbocycles. The Bertz CT molecular complexity index is 120. The molecule has 0 aliphatic rings. The quantitative estimate of drug-likeness (QED) is 0.341. The Labute approximate surface area is 67.3 Å². The lowest BCUT2D eigenvalue weighted by Gasteiger charge is -2.07. The fraction of sp³-hybridized carbons (Fsp3) is 0.500. The Balaban J connectivity index is 3.30. The van der Waals surface area contributed by atoms with Crippen molar-refractivity contribution in [1.29, 1.82) is 0 Å². The number of hydrogen-bond donors (Lipinski definition) is 0. The second-order valence-corrected chi connectivity index (χ2v) is 2.67. The van der Waals surface area contributed by atoms with Gasteiger partial charge in [0.1, 0.15) is 0 Å². The van der Waals surface area contributed by atoms with Crippen molar-refractivity contribution in [3.63, 3.8) is 0 Å². The van der Waals surface area contributed by atoms with E-state index >= 15 is 0 Å². The molecule has 0 rings (SSSR count). The zero-order chi connectivity index (χ0) is 7.98. The van der Waals surface area contributed by atoms with Crippen molar-refractivity contribution in [1.82, 2.24) is 0 Å². The van der Waals surface area contributed by atoms with E-state index in [-0.39, 0.29) is 5.38 Å². The number of hydrogen-bond acceptors (Lipinski definition) is 1. The highest BCUT2D eigenvalue weighted by atomic mass is 35.5. The van der Waals surface area contributed by atoms with Crippen LogP contribution in [0.25, 0.3) is 0 Å². The monoisotopic (exact) mass is 160 g/mol. The number of ether oxygens (including phenoxy) is 1. The molecule has 1 nitrogen and oxygen atoms in total. The molecule has 0 radical (unpaired) electrons. The van der Waals surface area contributed by atoms with Gasteiger partial charge in [-0.3, -0.25) is 0 Å². The first-order valence-electron chi connectivity index (χ1n) is 3.16. The molecule has 2 heteroatoms. The third kappa shape index (κ3) is 4.59. The molecular formula is C8H13ClO. The van der Waals surface area contributed by atoms with Crippen LogP contribution in [0.15, 0.2) is 24.8 Å². The fourth-order valence-corrected chi connectivity index (χ4v) is 0.486. The highest BCUT2D eigenvalue weighted by Crippen LogP contribution is 2.06.